The van der Waals surface area contributed by atoms with Crippen molar-refractivity contribution in [2.75, 3.05) is 37.4 Å². The summed E-state index contributed by atoms with van der Waals surface area (Å²) in [6, 6.07) is 9.36. The Balaban J connectivity index is 1.85. The van der Waals surface area contributed by atoms with Crippen LogP contribution in [0.2, 0.25) is 0 Å². The fourth-order valence-corrected chi connectivity index (χ4v) is 3.34. The summed E-state index contributed by atoms with van der Waals surface area (Å²) in [5.41, 5.74) is 2.72. The van der Waals surface area contributed by atoms with Gasteiger partial charge in [0.25, 0.3) is 0 Å². The van der Waals surface area contributed by atoms with Crippen LogP contribution in [0.1, 0.15) is 16.8 Å². The Kier molecular flexibility index (Phi) is 6.33. The van der Waals surface area contributed by atoms with E-state index in [9.17, 15) is 8.42 Å². The minimum absolute atomic E-state index is 0.0288. The molecule has 25 heavy (non-hydrogen) atoms. The molecule has 0 saturated carbocycles. The number of nitrogens with one attached hydrogen (secondary N) is 2. The molecule has 0 aliphatic heterocycles. The van der Waals surface area contributed by atoms with E-state index in [2.05, 4.69) is 20.0 Å². The van der Waals surface area contributed by atoms with E-state index in [0.717, 1.165) is 22.6 Å². The molecule has 7 nitrogen and oxygen atoms in total. The van der Waals surface area contributed by atoms with Crippen LogP contribution in [0.3, 0.4) is 0 Å². The summed E-state index contributed by atoms with van der Waals surface area (Å²) < 4.78 is 26.8. The summed E-state index contributed by atoms with van der Waals surface area (Å²) in [6.45, 7) is 4.54. The molecule has 2 aromatic rings. The second kappa shape index (κ2) is 8.26. The van der Waals surface area contributed by atoms with Crippen molar-refractivity contribution >= 4 is 21.8 Å². The first-order valence-corrected chi connectivity index (χ1v) is 9.70. The van der Waals surface area contributed by atoms with Gasteiger partial charge in [0.15, 0.2) is 0 Å². The monoisotopic (exact) mass is 363 g/mol. The zero-order valence-corrected chi connectivity index (χ0v) is 15.9. The van der Waals surface area contributed by atoms with Gasteiger partial charge in [-0.3, -0.25) is 0 Å². The van der Waals surface area contributed by atoms with E-state index in [4.69, 9.17) is 0 Å². The molecule has 0 aliphatic carbocycles. The molecule has 0 bridgehead atoms. The smallest absolute Gasteiger partial charge is 0.224 e. The average Bonchev–Trinajstić information content (AvgIpc) is 2.53. The number of nitrogens with zero attached hydrogens (tertiary/aromatic N) is 3. The van der Waals surface area contributed by atoms with Gasteiger partial charge >= 0.3 is 0 Å². The van der Waals surface area contributed by atoms with E-state index in [0.29, 0.717) is 12.5 Å². The number of hydrogen-bond acceptors (Lipinski definition) is 6. The van der Waals surface area contributed by atoms with Gasteiger partial charge in [-0.1, -0.05) is 29.8 Å². The summed E-state index contributed by atoms with van der Waals surface area (Å²) >= 11 is 0. The normalized spacial score (nSPS) is 11.4. The Hall–Kier alpha value is -2.19. The molecule has 1 heterocycles. The van der Waals surface area contributed by atoms with E-state index in [1.165, 1.54) is 0 Å². The number of rotatable bonds is 8. The number of aryl methyl sites for hydroxylation is 2. The van der Waals surface area contributed by atoms with Crippen molar-refractivity contribution in [1.29, 1.82) is 0 Å². The summed E-state index contributed by atoms with van der Waals surface area (Å²) in [5.74, 6) is 1.26. The minimum atomic E-state index is -3.37. The number of sulfonamides is 1. The minimum Gasteiger partial charge on any atom is -0.363 e. The van der Waals surface area contributed by atoms with E-state index in [1.54, 1.807) is 0 Å². The van der Waals surface area contributed by atoms with E-state index >= 15 is 0 Å². The van der Waals surface area contributed by atoms with Crippen LogP contribution in [-0.4, -0.2) is 45.6 Å². The zero-order valence-electron chi connectivity index (χ0n) is 15.1. The molecule has 136 valence electrons. The maximum atomic E-state index is 12.1. The van der Waals surface area contributed by atoms with Gasteiger partial charge in [-0.25, -0.2) is 18.1 Å². The maximum Gasteiger partial charge on any atom is 0.224 e. The van der Waals surface area contributed by atoms with Crippen molar-refractivity contribution in [2.45, 2.75) is 19.6 Å². The molecule has 0 atom stereocenters. The van der Waals surface area contributed by atoms with Crippen LogP contribution >= 0.6 is 0 Å². The van der Waals surface area contributed by atoms with Crippen molar-refractivity contribution in [3.05, 3.63) is 47.2 Å². The molecular weight excluding hydrogens is 338 g/mol. The van der Waals surface area contributed by atoms with Gasteiger partial charge in [-0.15, -0.1) is 0 Å². The van der Waals surface area contributed by atoms with Gasteiger partial charge < -0.3 is 10.2 Å². The topological polar surface area (TPSA) is 87.2 Å². The number of anilines is 2. The molecule has 0 unspecified atom stereocenters. The van der Waals surface area contributed by atoms with E-state index in [-0.39, 0.29) is 12.3 Å². The Bertz CT molecular complexity index is 804. The Morgan fingerprint density at radius 1 is 1.04 bits per heavy atom. The maximum absolute atomic E-state index is 12.1. The third-order valence-corrected chi connectivity index (χ3v) is 4.86. The predicted molar refractivity (Wildman–Crippen MR) is 101 cm³/mol. The third-order valence-electron chi connectivity index (χ3n) is 3.51. The summed E-state index contributed by atoms with van der Waals surface area (Å²) in [6.07, 6.45) is 0. The zero-order chi connectivity index (χ0) is 18.4. The second-order valence-corrected chi connectivity index (χ2v) is 7.96. The van der Waals surface area contributed by atoms with Gasteiger partial charge in [-0.05, 0) is 19.4 Å². The summed E-state index contributed by atoms with van der Waals surface area (Å²) in [4.78, 5) is 10.6. The number of aromatic nitrogens is 2. The molecule has 0 spiro atoms. The first kappa shape index (κ1) is 19.1. The van der Waals surface area contributed by atoms with Crippen LogP contribution in [-0.2, 0) is 15.8 Å². The third kappa shape index (κ3) is 6.32. The van der Waals surface area contributed by atoms with E-state index in [1.807, 2.05) is 63.2 Å². The Morgan fingerprint density at radius 3 is 2.36 bits per heavy atom. The first-order valence-electron chi connectivity index (χ1n) is 8.05. The Morgan fingerprint density at radius 2 is 1.72 bits per heavy atom. The molecule has 0 amide bonds. The molecule has 2 rings (SSSR count). The molecule has 8 heteroatoms. The van der Waals surface area contributed by atoms with Crippen molar-refractivity contribution in [2.24, 2.45) is 0 Å². The van der Waals surface area contributed by atoms with Crippen LogP contribution in [0.25, 0.3) is 0 Å². The molecular formula is C17H25N5O2S. The quantitative estimate of drug-likeness (QED) is 0.694. The first-order chi connectivity index (χ1) is 11.7. The molecule has 1 aromatic heterocycles. The van der Waals surface area contributed by atoms with Crippen molar-refractivity contribution in [3.8, 4) is 0 Å². The van der Waals surface area contributed by atoms with E-state index < -0.39 is 10.0 Å². The molecule has 0 saturated heterocycles. The van der Waals surface area contributed by atoms with Gasteiger partial charge in [0.1, 0.15) is 5.82 Å². The fraction of sp³-hybridized carbons (Fsp3) is 0.412. The van der Waals surface area contributed by atoms with Crippen molar-refractivity contribution in [1.82, 2.24) is 14.7 Å². The molecule has 2 N–H and O–H groups in total. The molecule has 0 fully saturated rings. The molecule has 1 aromatic carbocycles. The number of benzene rings is 1. The van der Waals surface area contributed by atoms with Gasteiger partial charge in [0.2, 0.25) is 16.0 Å². The highest BCUT2D eigenvalue weighted by molar-refractivity contribution is 7.88. The van der Waals surface area contributed by atoms with Gasteiger partial charge in [-0.2, -0.15) is 4.98 Å². The average molecular weight is 363 g/mol. The van der Waals surface area contributed by atoms with Crippen LogP contribution < -0.4 is 14.9 Å². The van der Waals surface area contributed by atoms with Crippen LogP contribution in [0.4, 0.5) is 11.8 Å². The van der Waals surface area contributed by atoms with Crippen LogP contribution in [0.5, 0.6) is 0 Å². The number of hydrogen-bond donors (Lipinski definition) is 2. The largest absolute Gasteiger partial charge is 0.363 e. The standard InChI is InChI=1S/C17H25N5O2S/c1-13-5-7-15(8-6-13)12-25(23,24)19-10-9-18-17-20-14(2)11-16(21-17)22(3)4/h5-8,11,19H,9-10,12H2,1-4H3,(H,18,20,21). The molecule has 0 radical (unpaired) electrons. The van der Waals surface area contributed by atoms with Gasteiger partial charge in [0.05, 0.1) is 5.75 Å². The predicted octanol–water partition coefficient (Wildman–Crippen LogP) is 1.69. The Labute approximate surface area is 149 Å². The highest BCUT2D eigenvalue weighted by atomic mass is 32.2. The van der Waals surface area contributed by atoms with Crippen molar-refractivity contribution < 1.29 is 8.42 Å². The van der Waals surface area contributed by atoms with Gasteiger partial charge in [0, 0.05) is 38.9 Å². The highest BCUT2D eigenvalue weighted by Crippen LogP contribution is 2.11. The highest BCUT2D eigenvalue weighted by Gasteiger charge is 2.11. The lowest BCUT2D eigenvalue weighted by Crippen LogP contribution is -2.30. The second-order valence-electron chi connectivity index (χ2n) is 6.15. The summed E-state index contributed by atoms with van der Waals surface area (Å²) in [5, 5.41) is 3.05. The lowest BCUT2D eigenvalue weighted by molar-refractivity contribution is 0.582. The SMILES string of the molecule is Cc1ccc(CS(=O)(=O)NCCNc2nc(C)cc(N(C)C)n2)cc1. The van der Waals surface area contributed by atoms with Crippen LogP contribution in [0, 0.1) is 13.8 Å². The van der Waals surface area contributed by atoms with Crippen molar-refractivity contribution in [3.63, 3.8) is 0 Å². The summed E-state index contributed by atoms with van der Waals surface area (Å²) in [7, 11) is 0.444. The fourth-order valence-electron chi connectivity index (χ4n) is 2.20. The van der Waals surface area contributed by atoms with Crippen LogP contribution in [0.15, 0.2) is 30.3 Å². The lowest BCUT2D eigenvalue weighted by atomic mass is 10.2. The lowest BCUT2D eigenvalue weighted by Gasteiger charge is -2.14. The molecule has 0 aliphatic rings.